The normalized spacial score (nSPS) is 9.92. The summed E-state index contributed by atoms with van der Waals surface area (Å²) in [6, 6.07) is 0. The van der Waals surface area contributed by atoms with Gasteiger partial charge in [-0.25, -0.2) is 0 Å². The number of quaternary nitrogens is 1. The third kappa shape index (κ3) is 5.62. The molecule has 0 atom stereocenters. The lowest BCUT2D eigenvalue weighted by Gasteiger charge is -2.31. The first-order valence-electron chi connectivity index (χ1n) is 4.03. The van der Waals surface area contributed by atoms with Crippen molar-refractivity contribution in [2.45, 2.75) is 13.8 Å². The topological polar surface area (TPSA) is 48.8 Å². The van der Waals surface area contributed by atoms with Crippen molar-refractivity contribution in [1.29, 1.82) is 0 Å². The van der Waals surface area contributed by atoms with Crippen LogP contribution in [0.5, 0.6) is 0 Å². The molecule has 12 heavy (non-hydrogen) atoms. The maximum absolute atomic E-state index is 8.06. The largest absolute Gasteiger partial charge is 1.00 e. The molecule has 0 rings (SSSR count). The summed E-state index contributed by atoms with van der Waals surface area (Å²) in [5.74, 6) is 0. The van der Waals surface area contributed by atoms with Crippen LogP contribution in [0, 0.1) is 0 Å². The molecule has 0 radical (unpaired) electrons. The SMILES string of the molecule is CC[N+](C)(CC)CCN=[N+]=[N-].[I-]. The van der Waals surface area contributed by atoms with E-state index < -0.39 is 0 Å². The van der Waals surface area contributed by atoms with Crippen molar-refractivity contribution in [3.8, 4) is 0 Å². The first kappa shape index (κ1) is 14.5. The summed E-state index contributed by atoms with van der Waals surface area (Å²) in [7, 11) is 2.17. The Balaban J connectivity index is 0. The fourth-order valence-electron chi connectivity index (χ4n) is 0.871. The van der Waals surface area contributed by atoms with Crippen LogP contribution in [0.2, 0.25) is 0 Å². The Hall–Kier alpha value is 0. The number of hydrogen-bond acceptors (Lipinski definition) is 1. The minimum atomic E-state index is 0. The van der Waals surface area contributed by atoms with E-state index in [1.165, 1.54) is 0 Å². The van der Waals surface area contributed by atoms with E-state index in [0.29, 0.717) is 6.54 Å². The predicted octanol–water partition coefficient (Wildman–Crippen LogP) is -1.21. The van der Waals surface area contributed by atoms with Crippen LogP contribution < -0.4 is 24.0 Å². The molecule has 0 unspecified atom stereocenters. The molecule has 0 N–H and O–H groups in total. The molecule has 0 aromatic carbocycles. The lowest BCUT2D eigenvalue weighted by atomic mass is 10.4. The zero-order chi connectivity index (χ0) is 8.74. The molecule has 0 fully saturated rings. The predicted molar refractivity (Wildman–Crippen MR) is 46.1 cm³/mol. The molecule has 0 saturated heterocycles. The van der Waals surface area contributed by atoms with Gasteiger partial charge >= 0.3 is 0 Å². The lowest BCUT2D eigenvalue weighted by molar-refractivity contribution is -0.904. The average molecular weight is 284 g/mol. The molecular weight excluding hydrogens is 267 g/mol. The zero-order valence-electron chi connectivity index (χ0n) is 8.00. The highest BCUT2D eigenvalue weighted by atomic mass is 127. The van der Waals surface area contributed by atoms with Crippen molar-refractivity contribution >= 4 is 0 Å². The van der Waals surface area contributed by atoms with Crippen LogP contribution in [-0.2, 0) is 0 Å². The Morgan fingerprint density at radius 3 is 2.17 bits per heavy atom. The molecule has 0 bridgehead atoms. The van der Waals surface area contributed by atoms with E-state index in [9.17, 15) is 0 Å². The smallest absolute Gasteiger partial charge is 0.0841 e. The van der Waals surface area contributed by atoms with E-state index in [-0.39, 0.29) is 24.0 Å². The minimum Gasteiger partial charge on any atom is -1.00 e. The number of nitrogens with zero attached hydrogens (tertiary/aromatic N) is 4. The second-order valence-electron chi connectivity index (χ2n) is 2.93. The lowest BCUT2D eigenvalue weighted by Crippen LogP contribution is -3.00. The fourth-order valence-corrected chi connectivity index (χ4v) is 0.871. The molecule has 0 aliphatic heterocycles. The molecule has 0 saturated carbocycles. The van der Waals surface area contributed by atoms with Crippen molar-refractivity contribution in [2.24, 2.45) is 5.11 Å². The standard InChI is InChI=1S/C7H17N4.HI/c1-4-11(3,5-2)7-6-9-10-8;/h4-7H2,1-3H3;1H/q+1;/p-1. The number of rotatable bonds is 5. The van der Waals surface area contributed by atoms with Crippen LogP contribution in [0.1, 0.15) is 13.8 Å². The number of halogens is 1. The Bertz CT molecular complexity index is 149. The summed E-state index contributed by atoms with van der Waals surface area (Å²) >= 11 is 0. The van der Waals surface area contributed by atoms with Gasteiger partial charge in [0.05, 0.1) is 33.2 Å². The second kappa shape index (κ2) is 7.64. The first-order valence-corrected chi connectivity index (χ1v) is 4.03. The van der Waals surface area contributed by atoms with Crippen LogP contribution in [0.4, 0.5) is 0 Å². The van der Waals surface area contributed by atoms with Gasteiger partial charge in [-0.2, -0.15) is 0 Å². The van der Waals surface area contributed by atoms with E-state index in [4.69, 9.17) is 5.53 Å². The molecule has 0 aliphatic rings. The summed E-state index contributed by atoms with van der Waals surface area (Å²) in [4.78, 5) is 2.72. The summed E-state index contributed by atoms with van der Waals surface area (Å²) in [6.45, 7) is 8.04. The van der Waals surface area contributed by atoms with Gasteiger partial charge in [-0.3, -0.25) is 0 Å². The number of likely N-dealkylation sites (N-methyl/N-ethyl adjacent to an activating group) is 1. The summed E-state index contributed by atoms with van der Waals surface area (Å²) in [6.07, 6.45) is 0. The summed E-state index contributed by atoms with van der Waals surface area (Å²) in [5.41, 5.74) is 8.06. The zero-order valence-corrected chi connectivity index (χ0v) is 10.2. The molecule has 5 heteroatoms. The van der Waals surface area contributed by atoms with Gasteiger partial charge in [-0.1, -0.05) is 5.11 Å². The van der Waals surface area contributed by atoms with Crippen LogP contribution in [-0.4, -0.2) is 37.7 Å². The molecule has 0 aliphatic carbocycles. The summed E-state index contributed by atoms with van der Waals surface area (Å²) < 4.78 is 0.985. The van der Waals surface area contributed by atoms with Crippen molar-refractivity contribution < 1.29 is 28.5 Å². The van der Waals surface area contributed by atoms with Gasteiger partial charge in [-0.05, 0) is 19.4 Å². The highest BCUT2D eigenvalue weighted by Gasteiger charge is 2.14. The molecule has 0 heterocycles. The average Bonchev–Trinajstić information content (AvgIpc) is 2.05. The maximum atomic E-state index is 8.06. The van der Waals surface area contributed by atoms with E-state index >= 15 is 0 Å². The van der Waals surface area contributed by atoms with E-state index in [1.807, 2.05) is 0 Å². The van der Waals surface area contributed by atoms with E-state index in [1.54, 1.807) is 0 Å². The van der Waals surface area contributed by atoms with Crippen molar-refractivity contribution in [3.05, 3.63) is 10.4 Å². The Morgan fingerprint density at radius 1 is 1.33 bits per heavy atom. The van der Waals surface area contributed by atoms with Gasteiger partial charge in [0.25, 0.3) is 0 Å². The first-order chi connectivity index (χ1) is 5.18. The van der Waals surface area contributed by atoms with Gasteiger partial charge in [0.15, 0.2) is 0 Å². The highest BCUT2D eigenvalue weighted by molar-refractivity contribution is 4.45. The molecule has 72 valence electrons. The summed E-state index contributed by atoms with van der Waals surface area (Å²) in [5, 5.41) is 3.52. The highest BCUT2D eigenvalue weighted by Crippen LogP contribution is 1.99. The third-order valence-corrected chi connectivity index (χ3v) is 2.33. The van der Waals surface area contributed by atoms with Gasteiger partial charge in [-0.15, -0.1) is 0 Å². The molecule has 0 amide bonds. The Morgan fingerprint density at radius 2 is 1.83 bits per heavy atom. The monoisotopic (exact) mass is 284 g/mol. The Labute approximate surface area is 91.2 Å². The van der Waals surface area contributed by atoms with Crippen LogP contribution in [0.15, 0.2) is 5.11 Å². The van der Waals surface area contributed by atoms with E-state index in [0.717, 1.165) is 24.1 Å². The van der Waals surface area contributed by atoms with Gasteiger partial charge < -0.3 is 28.5 Å². The molecule has 0 aromatic rings. The van der Waals surface area contributed by atoms with Crippen LogP contribution in [0.25, 0.3) is 10.4 Å². The Kier molecular flexibility index (Phi) is 9.24. The molecule has 4 nitrogen and oxygen atoms in total. The van der Waals surface area contributed by atoms with Crippen molar-refractivity contribution in [2.75, 3.05) is 33.2 Å². The van der Waals surface area contributed by atoms with Crippen molar-refractivity contribution in [1.82, 2.24) is 0 Å². The minimum absolute atomic E-state index is 0. The van der Waals surface area contributed by atoms with Crippen LogP contribution in [0.3, 0.4) is 0 Å². The van der Waals surface area contributed by atoms with Gasteiger partial charge in [0, 0.05) is 4.91 Å². The fraction of sp³-hybridized carbons (Fsp3) is 1.00. The maximum Gasteiger partial charge on any atom is 0.0841 e. The molecule has 0 aromatic heterocycles. The van der Waals surface area contributed by atoms with Crippen molar-refractivity contribution in [3.63, 3.8) is 0 Å². The second-order valence-corrected chi connectivity index (χ2v) is 2.93. The van der Waals surface area contributed by atoms with Gasteiger partial charge in [0.2, 0.25) is 0 Å². The quantitative estimate of drug-likeness (QED) is 0.200. The third-order valence-electron chi connectivity index (χ3n) is 2.33. The molecular formula is C7H17IN4. The number of azide groups is 1. The van der Waals surface area contributed by atoms with Crippen LogP contribution >= 0.6 is 0 Å². The van der Waals surface area contributed by atoms with Gasteiger partial charge in [0.1, 0.15) is 0 Å². The number of hydrogen-bond donors (Lipinski definition) is 0. The molecule has 0 spiro atoms. The van der Waals surface area contributed by atoms with E-state index in [2.05, 4.69) is 30.9 Å².